The van der Waals surface area contributed by atoms with Gasteiger partial charge in [0.2, 0.25) is 5.43 Å². The first-order valence-corrected chi connectivity index (χ1v) is 7.09. The van der Waals surface area contributed by atoms with Crippen molar-refractivity contribution in [3.05, 3.63) is 87.8 Å². The van der Waals surface area contributed by atoms with Gasteiger partial charge < -0.3 is 5.73 Å². The molecule has 0 aliphatic rings. The fourth-order valence-electron chi connectivity index (χ4n) is 2.33. The van der Waals surface area contributed by atoms with Crippen molar-refractivity contribution in [2.75, 3.05) is 5.73 Å². The van der Waals surface area contributed by atoms with Crippen LogP contribution in [-0.4, -0.2) is 9.78 Å². The van der Waals surface area contributed by atoms with Crippen molar-refractivity contribution >= 4 is 5.69 Å². The van der Waals surface area contributed by atoms with Gasteiger partial charge in [-0.2, -0.15) is 10.4 Å². The van der Waals surface area contributed by atoms with E-state index >= 15 is 0 Å². The van der Waals surface area contributed by atoms with Crippen LogP contribution in [-0.2, 0) is 6.42 Å². The number of aromatic nitrogens is 2. The van der Waals surface area contributed by atoms with Crippen LogP contribution in [0.4, 0.5) is 5.69 Å². The zero-order chi connectivity index (χ0) is 16.2. The van der Waals surface area contributed by atoms with E-state index in [1.807, 2.05) is 24.3 Å². The predicted octanol–water partition coefficient (Wildman–Crippen LogP) is 2.28. The molecule has 3 rings (SSSR count). The van der Waals surface area contributed by atoms with Gasteiger partial charge in [0, 0.05) is 24.4 Å². The van der Waals surface area contributed by atoms with Gasteiger partial charge in [-0.15, -0.1) is 0 Å². The fraction of sp³-hybridized carbons (Fsp3) is 0.0556. The lowest BCUT2D eigenvalue weighted by Gasteiger charge is -2.08. The number of benzene rings is 2. The van der Waals surface area contributed by atoms with Crippen molar-refractivity contribution in [1.82, 2.24) is 9.78 Å². The summed E-state index contributed by atoms with van der Waals surface area (Å²) >= 11 is 0. The molecule has 0 amide bonds. The molecule has 0 spiro atoms. The summed E-state index contributed by atoms with van der Waals surface area (Å²) in [5.74, 6) is 0. The summed E-state index contributed by atoms with van der Waals surface area (Å²) in [6, 6.07) is 18.0. The number of nitriles is 1. The molecule has 23 heavy (non-hydrogen) atoms. The summed E-state index contributed by atoms with van der Waals surface area (Å²) in [5, 5.41) is 13.4. The molecule has 0 unspecified atom stereocenters. The number of nitrogen functional groups attached to an aromatic ring is 1. The van der Waals surface area contributed by atoms with E-state index in [-0.39, 0.29) is 5.43 Å². The Bertz CT molecular complexity index is 953. The first-order chi connectivity index (χ1) is 11.2. The highest BCUT2D eigenvalue weighted by atomic mass is 16.1. The van der Waals surface area contributed by atoms with Gasteiger partial charge in [-0.25, -0.2) is 4.68 Å². The Morgan fingerprint density at radius 2 is 1.96 bits per heavy atom. The van der Waals surface area contributed by atoms with Crippen molar-refractivity contribution in [1.29, 1.82) is 5.26 Å². The molecule has 0 atom stereocenters. The first-order valence-electron chi connectivity index (χ1n) is 7.09. The molecule has 2 N–H and O–H groups in total. The summed E-state index contributed by atoms with van der Waals surface area (Å²) in [6.07, 6.45) is 2.00. The van der Waals surface area contributed by atoms with Crippen LogP contribution in [0.5, 0.6) is 0 Å². The smallest absolute Gasteiger partial charge is 0.203 e. The second-order valence-electron chi connectivity index (χ2n) is 5.16. The Balaban J connectivity index is 1.99. The first kappa shape index (κ1) is 14.5. The minimum atomic E-state index is -0.125. The lowest BCUT2D eigenvalue weighted by atomic mass is 10.1. The average molecular weight is 302 g/mol. The van der Waals surface area contributed by atoms with Gasteiger partial charge in [0.25, 0.3) is 0 Å². The van der Waals surface area contributed by atoms with Crippen molar-refractivity contribution in [2.24, 2.45) is 0 Å². The van der Waals surface area contributed by atoms with Gasteiger partial charge in [0.05, 0.1) is 17.3 Å². The van der Waals surface area contributed by atoms with Gasteiger partial charge in [-0.05, 0) is 35.9 Å². The summed E-state index contributed by atoms with van der Waals surface area (Å²) in [4.78, 5) is 12.1. The van der Waals surface area contributed by atoms with E-state index in [1.54, 1.807) is 35.1 Å². The highest BCUT2D eigenvalue weighted by Crippen LogP contribution is 2.11. The Morgan fingerprint density at radius 3 is 2.74 bits per heavy atom. The Labute approximate surface area is 133 Å². The highest BCUT2D eigenvalue weighted by molar-refractivity contribution is 5.42. The molecule has 5 nitrogen and oxygen atoms in total. The topological polar surface area (TPSA) is 84.7 Å². The highest BCUT2D eigenvalue weighted by Gasteiger charge is 2.06. The summed E-state index contributed by atoms with van der Waals surface area (Å²) in [6.45, 7) is 0. The van der Waals surface area contributed by atoms with Crippen molar-refractivity contribution in [2.45, 2.75) is 6.42 Å². The van der Waals surface area contributed by atoms with E-state index in [1.165, 1.54) is 6.07 Å². The molecular formula is C18H14N4O. The average Bonchev–Trinajstić information content (AvgIpc) is 2.57. The van der Waals surface area contributed by atoms with Gasteiger partial charge in [0.15, 0.2) is 0 Å². The van der Waals surface area contributed by atoms with Crippen molar-refractivity contribution in [3.63, 3.8) is 0 Å². The van der Waals surface area contributed by atoms with E-state index in [0.29, 0.717) is 23.4 Å². The summed E-state index contributed by atoms with van der Waals surface area (Å²) in [7, 11) is 0. The maximum absolute atomic E-state index is 12.1. The number of nitrogens with two attached hydrogens (primary N) is 1. The second kappa shape index (κ2) is 6.16. The van der Waals surface area contributed by atoms with Crippen molar-refractivity contribution in [3.8, 4) is 11.8 Å². The quantitative estimate of drug-likeness (QED) is 0.752. The Hall–Kier alpha value is -3.39. The lowest BCUT2D eigenvalue weighted by Crippen LogP contribution is -2.16. The van der Waals surface area contributed by atoms with Gasteiger partial charge >= 0.3 is 0 Å². The predicted molar refractivity (Wildman–Crippen MR) is 88.2 cm³/mol. The molecule has 0 bridgehead atoms. The molecule has 0 saturated heterocycles. The molecule has 1 heterocycles. The number of nitrogens with zero attached hydrogens (tertiary/aromatic N) is 3. The fourth-order valence-corrected chi connectivity index (χ4v) is 2.33. The van der Waals surface area contributed by atoms with Gasteiger partial charge in [-0.1, -0.05) is 18.2 Å². The molecule has 0 aliphatic carbocycles. The zero-order valence-electron chi connectivity index (χ0n) is 12.3. The molecule has 0 aliphatic heterocycles. The molecule has 2 aromatic carbocycles. The van der Waals surface area contributed by atoms with E-state index in [9.17, 15) is 4.79 Å². The maximum Gasteiger partial charge on any atom is 0.203 e. The normalized spacial score (nSPS) is 10.2. The largest absolute Gasteiger partial charge is 0.399 e. The van der Waals surface area contributed by atoms with Crippen LogP contribution in [0, 0.1) is 11.3 Å². The summed E-state index contributed by atoms with van der Waals surface area (Å²) < 4.78 is 1.60. The minimum absolute atomic E-state index is 0.125. The molecule has 0 saturated carbocycles. The number of hydrogen-bond acceptors (Lipinski definition) is 4. The minimum Gasteiger partial charge on any atom is -0.399 e. The van der Waals surface area contributed by atoms with Crippen LogP contribution in [0.2, 0.25) is 0 Å². The van der Waals surface area contributed by atoms with E-state index in [2.05, 4.69) is 11.2 Å². The van der Waals surface area contributed by atoms with Crippen LogP contribution in [0.15, 0.2) is 65.6 Å². The third-order valence-electron chi connectivity index (χ3n) is 3.44. The van der Waals surface area contributed by atoms with Crippen LogP contribution in [0.3, 0.4) is 0 Å². The standard InChI is InChI=1S/C18H14N4O/c19-12-14-4-2-6-16(10-14)22-8-7-18(23)17(21-22)11-13-3-1-5-15(20)9-13/h1-10H,11,20H2. The monoisotopic (exact) mass is 302 g/mol. The third-order valence-corrected chi connectivity index (χ3v) is 3.44. The van der Waals surface area contributed by atoms with E-state index in [4.69, 9.17) is 11.0 Å². The van der Waals surface area contributed by atoms with Crippen LogP contribution < -0.4 is 11.2 Å². The van der Waals surface area contributed by atoms with Gasteiger partial charge in [0.1, 0.15) is 5.69 Å². The van der Waals surface area contributed by atoms with Crippen LogP contribution >= 0.6 is 0 Å². The molecular weight excluding hydrogens is 288 g/mol. The molecule has 1 aromatic heterocycles. The summed E-state index contributed by atoms with van der Waals surface area (Å²) in [5.41, 5.74) is 8.93. The number of anilines is 1. The Morgan fingerprint density at radius 1 is 1.13 bits per heavy atom. The van der Waals surface area contributed by atoms with E-state index < -0.39 is 0 Å². The molecule has 0 radical (unpaired) electrons. The van der Waals surface area contributed by atoms with Crippen LogP contribution in [0.1, 0.15) is 16.8 Å². The van der Waals surface area contributed by atoms with E-state index in [0.717, 1.165) is 11.3 Å². The second-order valence-corrected chi connectivity index (χ2v) is 5.16. The third kappa shape index (κ3) is 3.27. The molecule has 112 valence electrons. The molecule has 5 heteroatoms. The van der Waals surface area contributed by atoms with Crippen molar-refractivity contribution < 1.29 is 0 Å². The zero-order valence-corrected chi connectivity index (χ0v) is 12.3. The molecule has 0 fully saturated rings. The Kier molecular flexibility index (Phi) is 3.89. The molecule has 3 aromatic rings. The van der Waals surface area contributed by atoms with Gasteiger partial charge in [-0.3, -0.25) is 4.79 Å². The maximum atomic E-state index is 12.1. The number of rotatable bonds is 3. The number of hydrogen-bond donors (Lipinski definition) is 1. The van der Waals surface area contributed by atoms with Crippen LogP contribution in [0.25, 0.3) is 5.69 Å². The lowest BCUT2D eigenvalue weighted by molar-refractivity contribution is 0.792. The SMILES string of the molecule is N#Cc1cccc(-n2ccc(=O)c(Cc3cccc(N)c3)n2)c1.